The van der Waals surface area contributed by atoms with E-state index in [0.717, 1.165) is 45.1 Å². The molecule has 0 fully saturated rings. The third-order valence-electron chi connectivity index (χ3n) is 4.63. The number of nitrogens with one attached hydrogen (secondary N) is 1. The average molecular weight is 482 g/mol. The number of H-pyrrole nitrogens is 1. The smallest absolute Gasteiger partial charge is 0.260 e. The largest absolute Gasteiger partial charge is 0.492 e. The molecule has 1 N–H and O–H groups in total. The summed E-state index contributed by atoms with van der Waals surface area (Å²) in [5.41, 5.74) is 1.83. The van der Waals surface area contributed by atoms with Gasteiger partial charge in [0.05, 0.1) is 28.6 Å². The first-order valence-electron chi connectivity index (χ1n) is 8.94. The lowest BCUT2D eigenvalue weighted by Crippen LogP contribution is -2.10. The molecule has 1 aromatic carbocycles. The van der Waals surface area contributed by atoms with Crippen molar-refractivity contribution in [2.24, 2.45) is 0 Å². The number of aryl methyl sites for hydroxylation is 2. The van der Waals surface area contributed by atoms with Crippen molar-refractivity contribution in [1.29, 1.82) is 0 Å². The van der Waals surface area contributed by atoms with Crippen molar-refractivity contribution in [2.75, 3.05) is 13.7 Å². The molecule has 3 aromatic rings. The zero-order valence-electron chi connectivity index (χ0n) is 15.4. The molecule has 4 rings (SSSR count). The van der Waals surface area contributed by atoms with E-state index in [-0.39, 0.29) is 5.56 Å². The average Bonchev–Trinajstić information content (AvgIpc) is 3.22. The molecule has 0 bridgehead atoms. The van der Waals surface area contributed by atoms with Crippen molar-refractivity contribution in [2.45, 2.75) is 26.2 Å². The second-order valence-corrected chi connectivity index (χ2v) is 8.76. The summed E-state index contributed by atoms with van der Waals surface area (Å²) in [6, 6.07) is 3.71. The van der Waals surface area contributed by atoms with Crippen molar-refractivity contribution in [1.82, 2.24) is 9.97 Å². The summed E-state index contributed by atoms with van der Waals surface area (Å²) >= 11 is 11.6. The number of rotatable bonds is 5. The number of nitrogens with zero attached hydrogens (tertiary/aromatic N) is 1. The van der Waals surface area contributed by atoms with Crippen LogP contribution in [0.3, 0.4) is 0 Å². The van der Waals surface area contributed by atoms with Crippen LogP contribution in [0.25, 0.3) is 21.3 Å². The van der Waals surface area contributed by atoms with Gasteiger partial charge in [0.2, 0.25) is 0 Å². The summed E-state index contributed by atoms with van der Waals surface area (Å²) in [6.45, 7) is 2.42. The number of thiophene rings is 1. The highest BCUT2D eigenvalue weighted by Crippen LogP contribution is 2.38. The van der Waals surface area contributed by atoms with E-state index in [1.165, 1.54) is 4.88 Å². The number of hydrogen-bond donors (Lipinski definition) is 1. The van der Waals surface area contributed by atoms with E-state index in [9.17, 15) is 4.79 Å². The molecule has 0 radical (unpaired) electrons. The van der Waals surface area contributed by atoms with E-state index in [0.29, 0.717) is 29.0 Å². The molecule has 0 saturated heterocycles. The number of methoxy groups -OCH3 is 1. The molecule has 1 aliphatic rings. The Morgan fingerprint density at radius 3 is 3.00 bits per heavy atom. The maximum absolute atomic E-state index is 12.6. The van der Waals surface area contributed by atoms with Gasteiger partial charge in [-0.05, 0) is 71.5 Å². The maximum Gasteiger partial charge on any atom is 0.260 e. The number of halogens is 2. The number of benzene rings is 1. The quantitative estimate of drug-likeness (QED) is 0.531. The molecular weight excluding hydrogens is 464 g/mol. The lowest BCUT2D eigenvalue weighted by molar-refractivity contribution is 0.310. The Morgan fingerprint density at radius 1 is 1.43 bits per heavy atom. The van der Waals surface area contributed by atoms with Crippen LogP contribution in [0.1, 0.15) is 35.2 Å². The molecule has 2 heterocycles. The number of ether oxygens (including phenoxy) is 2. The predicted octanol–water partition coefficient (Wildman–Crippen LogP) is 5.38. The number of fused-ring (bicyclic) bond motifs is 3. The van der Waals surface area contributed by atoms with E-state index in [1.54, 1.807) is 24.5 Å². The maximum atomic E-state index is 12.6. The predicted molar refractivity (Wildman–Crippen MR) is 118 cm³/mol. The molecule has 5 nitrogen and oxygen atoms in total. The molecule has 0 spiro atoms. The van der Waals surface area contributed by atoms with Crippen LogP contribution in [0, 0.1) is 0 Å². The Morgan fingerprint density at radius 2 is 2.25 bits per heavy atom. The first-order chi connectivity index (χ1) is 13.5. The van der Waals surface area contributed by atoms with Crippen LogP contribution in [-0.2, 0) is 12.8 Å². The Balaban J connectivity index is 1.76. The highest BCUT2D eigenvalue weighted by atomic mass is 79.9. The van der Waals surface area contributed by atoms with Gasteiger partial charge < -0.3 is 14.5 Å². The first-order valence-corrected chi connectivity index (χ1v) is 10.9. The first kappa shape index (κ1) is 19.5. The van der Waals surface area contributed by atoms with Gasteiger partial charge in [-0.2, -0.15) is 0 Å². The number of aromatic nitrogens is 2. The molecule has 146 valence electrons. The lowest BCUT2D eigenvalue weighted by atomic mass is 10.1. The summed E-state index contributed by atoms with van der Waals surface area (Å²) in [7, 11) is 1.59. The van der Waals surface area contributed by atoms with Crippen LogP contribution in [0.5, 0.6) is 11.5 Å². The fraction of sp³-hybridized carbons (Fsp3) is 0.300. The van der Waals surface area contributed by atoms with Gasteiger partial charge >= 0.3 is 0 Å². The van der Waals surface area contributed by atoms with E-state index < -0.39 is 0 Å². The molecule has 0 saturated carbocycles. The van der Waals surface area contributed by atoms with Crippen molar-refractivity contribution in [3.05, 3.63) is 48.8 Å². The zero-order valence-corrected chi connectivity index (χ0v) is 18.6. The van der Waals surface area contributed by atoms with Crippen LogP contribution in [-0.4, -0.2) is 23.7 Å². The fourth-order valence-electron chi connectivity index (χ4n) is 3.46. The van der Waals surface area contributed by atoms with E-state index in [2.05, 4.69) is 25.9 Å². The molecule has 0 amide bonds. The lowest BCUT2D eigenvalue weighted by Gasteiger charge is -2.12. The van der Waals surface area contributed by atoms with E-state index in [4.69, 9.17) is 21.1 Å². The summed E-state index contributed by atoms with van der Waals surface area (Å²) in [5.74, 6) is 1.60. The van der Waals surface area contributed by atoms with Crippen LogP contribution < -0.4 is 15.0 Å². The molecule has 1 aliphatic carbocycles. The van der Waals surface area contributed by atoms with Gasteiger partial charge in [0.25, 0.3) is 5.56 Å². The van der Waals surface area contributed by atoms with Crippen molar-refractivity contribution >= 4 is 60.2 Å². The fourth-order valence-corrected chi connectivity index (χ4v) is 5.56. The topological polar surface area (TPSA) is 64.2 Å². The van der Waals surface area contributed by atoms with Gasteiger partial charge in [-0.3, -0.25) is 4.79 Å². The Bertz CT molecular complexity index is 1150. The van der Waals surface area contributed by atoms with E-state index in [1.807, 2.05) is 19.1 Å². The standard InChI is InChI=1S/C20H18BrClN2O3S/c1-3-27-14-9-10(7-12(21)17(14)26-2)8-13(22)18-23-19(25)16-11-5-4-6-15(11)28-20(16)24-18/h7-9H,3-6H2,1-2H3,(H,23,24,25)/b13-8-. The van der Waals surface area contributed by atoms with Crippen LogP contribution in [0.4, 0.5) is 0 Å². The SMILES string of the molecule is CCOc1cc(/C=C(\Cl)c2nc3sc4c(c3c(=O)[nH]2)CCC4)cc(Br)c1OC. The van der Waals surface area contributed by atoms with Gasteiger partial charge in [0.1, 0.15) is 4.83 Å². The third-order valence-corrected chi connectivity index (χ3v) is 6.69. The Hall–Kier alpha value is -1.83. The van der Waals surface area contributed by atoms with Crippen LogP contribution in [0.15, 0.2) is 21.4 Å². The van der Waals surface area contributed by atoms with Gasteiger partial charge in [0.15, 0.2) is 17.3 Å². The van der Waals surface area contributed by atoms with Crippen molar-refractivity contribution in [3.8, 4) is 11.5 Å². The third kappa shape index (κ3) is 3.47. The summed E-state index contributed by atoms with van der Waals surface area (Å²) < 4.78 is 11.8. The highest BCUT2D eigenvalue weighted by Gasteiger charge is 2.21. The Kier molecular flexibility index (Phi) is 5.49. The second kappa shape index (κ2) is 7.89. The second-order valence-electron chi connectivity index (χ2n) is 6.41. The molecule has 0 atom stereocenters. The number of aromatic amines is 1. The minimum absolute atomic E-state index is 0.128. The summed E-state index contributed by atoms with van der Waals surface area (Å²) in [4.78, 5) is 22.1. The van der Waals surface area contributed by atoms with Gasteiger partial charge in [-0.15, -0.1) is 11.3 Å². The molecule has 28 heavy (non-hydrogen) atoms. The highest BCUT2D eigenvalue weighted by molar-refractivity contribution is 9.10. The summed E-state index contributed by atoms with van der Waals surface area (Å²) in [6.07, 6.45) is 4.82. The zero-order chi connectivity index (χ0) is 19.8. The van der Waals surface area contributed by atoms with Crippen molar-refractivity contribution < 1.29 is 9.47 Å². The van der Waals surface area contributed by atoms with Crippen LogP contribution >= 0.6 is 38.9 Å². The summed E-state index contributed by atoms with van der Waals surface area (Å²) in [5, 5.41) is 1.07. The van der Waals surface area contributed by atoms with Gasteiger partial charge in [0, 0.05) is 4.88 Å². The normalized spacial score (nSPS) is 13.8. The molecular formula is C20H18BrClN2O3S. The molecule has 0 aliphatic heterocycles. The minimum Gasteiger partial charge on any atom is -0.492 e. The van der Waals surface area contributed by atoms with Crippen molar-refractivity contribution in [3.63, 3.8) is 0 Å². The van der Waals surface area contributed by atoms with Gasteiger partial charge in [-0.25, -0.2) is 4.98 Å². The number of hydrogen-bond acceptors (Lipinski definition) is 5. The Labute approximate surface area is 179 Å². The molecule has 0 unspecified atom stereocenters. The van der Waals surface area contributed by atoms with Gasteiger partial charge in [-0.1, -0.05) is 11.6 Å². The van der Waals surface area contributed by atoms with Crippen LogP contribution in [0.2, 0.25) is 0 Å². The van der Waals surface area contributed by atoms with E-state index >= 15 is 0 Å². The minimum atomic E-state index is -0.128. The monoisotopic (exact) mass is 480 g/mol. The molecule has 2 aromatic heterocycles. The molecule has 8 heteroatoms.